The number of hydrogen-bond acceptors (Lipinski definition) is 4. The second-order valence-corrected chi connectivity index (χ2v) is 10.5. The molecule has 2 unspecified atom stereocenters. The number of aryl methyl sites for hydroxylation is 1. The van der Waals surface area contributed by atoms with E-state index in [2.05, 4.69) is 79.7 Å². The normalized spacial score (nSPS) is 14.5. The Hall–Kier alpha value is -4.19. The minimum Gasteiger partial charge on any atom is -0.491 e. The Labute approximate surface area is 248 Å². The zero-order valence-corrected chi connectivity index (χ0v) is 24.3. The highest BCUT2D eigenvalue weighted by Gasteiger charge is 2.23. The van der Waals surface area contributed by atoms with Gasteiger partial charge in [0.15, 0.2) is 6.10 Å². The van der Waals surface area contributed by atoms with E-state index in [4.69, 9.17) is 14.2 Å². The molecule has 5 rings (SSSR count). The Bertz CT molecular complexity index is 1510. The van der Waals surface area contributed by atoms with Gasteiger partial charge in [0.2, 0.25) is 0 Å². The minimum atomic E-state index is -0.954. The average molecular weight is 563 g/mol. The summed E-state index contributed by atoms with van der Waals surface area (Å²) in [5.74, 6) is -0.238. The Kier molecular flexibility index (Phi) is 9.86. The third-order valence-electron chi connectivity index (χ3n) is 7.59. The van der Waals surface area contributed by atoms with Gasteiger partial charge < -0.3 is 19.3 Å². The molecule has 1 N–H and O–H groups in total. The van der Waals surface area contributed by atoms with E-state index in [9.17, 15) is 9.90 Å². The smallest absolute Gasteiger partial charge is 0.333 e. The first-order chi connectivity index (χ1) is 20.5. The van der Waals surface area contributed by atoms with Crippen molar-refractivity contribution in [1.29, 1.82) is 0 Å². The maximum atomic E-state index is 11.4. The topological polar surface area (TPSA) is 65.0 Å². The van der Waals surface area contributed by atoms with Crippen LogP contribution in [0.2, 0.25) is 0 Å². The summed E-state index contributed by atoms with van der Waals surface area (Å²) in [5, 5.41) is 9.35. The quantitative estimate of drug-likeness (QED) is 0.171. The van der Waals surface area contributed by atoms with E-state index in [0.29, 0.717) is 32.0 Å². The Morgan fingerprint density at radius 3 is 2.24 bits per heavy atom. The molecule has 0 radical (unpaired) electrons. The summed E-state index contributed by atoms with van der Waals surface area (Å²) in [6, 6.07) is 31.4. The summed E-state index contributed by atoms with van der Waals surface area (Å²) in [7, 11) is 0. The number of aliphatic carboxylic acids is 1. The summed E-state index contributed by atoms with van der Waals surface area (Å²) in [5.41, 5.74) is 9.40. The van der Waals surface area contributed by atoms with Gasteiger partial charge in [0.05, 0.1) is 6.61 Å². The molecule has 1 aliphatic carbocycles. The zero-order chi connectivity index (χ0) is 29.3. The molecule has 0 saturated carbocycles. The fraction of sp³-hybridized carbons (Fsp3) is 0.270. The molecule has 0 bridgehead atoms. The number of benzene rings is 4. The van der Waals surface area contributed by atoms with Crippen LogP contribution in [0, 0.1) is 0 Å². The lowest BCUT2D eigenvalue weighted by atomic mass is 9.92. The van der Waals surface area contributed by atoms with Crippen LogP contribution in [0.5, 0.6) is 5.75 Å². The van der Waals surface area contributed by atoms with E-state index in [1.807, 2.05) is 30.3 Å². The van der Waals surface area contributed by atoms with E-state index in [1.54, 1.807) is 6.92 Å². The van der Waals surface area contributed by atoms with Gasteiger partial charge in [-0.05, 0) is 76.4 Å². The maximum Gasteiger partial charge on any atom is 0.333 e. The van der Waals surface area contributed by atoms with Gasteiger partial charge in [0.1, 0.15) is 18.5 Å². The van der Waals surface area contributed by atoms with Crippen LogP contribution in [0.4, 0.5) is 0 Å². The summed E-state index contributed by atoms with van der Waals surface area (Å²) in [6.45, 7) is 5.14. The van der Waals surface area contributed by atoms with E-state index in [-0.39, 0.29) is 6.10 Å². The lowest BCUT2D eigenvalue weighted by molar-refractivity contribution is -0.149. The van der Waals surface area contributed by atoms with Crippen LogP contribution >= 0.6 is 0 Å². The van der Waals surface area contributed by atoms with Crippen molar-refractivity contribution in [3.63, 3.8) is 0 Å². The molecular weight excluding hydrogens is 524 g/mol. The molecule has 0 amide bonds. The van der Waals surface area contributed by atoms with Crippen LogP contribution in [0.3, 0.4) is 0 Å². The third-order valence-corrected chi connectivity index (χ3v) is 7.59. The summed E-state index contributed by atoms with van der Waals surface area (Å²) < 4.78 is 17.9. The summed E-state index contributed by atoms with van der Waals surface area (Å²) in [6.07, 6.45) is 5.50. The van der Waals surface area contributed by atoms with Crippen LogP contribution in [-0.2, 0) is 33.5 Å². The Balaban J connectivity index is 1.28. The van der Waals surface area contributed by atoms with Crippen LogP contribution in [0.1, 0.15) is 64.5 Å². The van der Waals surface area contributed by atoms with Crippen LogP contribution < -0.4 is 4.74 Å². The Morgan fingerprint density at radius 2 is 1.50 bits per heavy atom. The predicted molar refractivity (Wildman–Crippen MR) is 167 cm³/mol. The molecule has 0 heterocycles. The van der Waals surface area contributed by atoms with Gasteiger partial charge >= 0.3 is 5.97 Å². The number of fused-ring (bicyclic) bond motifs is 2. The molecule has 5 nitrogen and oxygen atoms in total. The lowest BCUT2D eigenvalue weighted by Gasteiger charge is -2.22. The first-order valence-electron chi connectivity index (χ1n) is 14.7. The first-order valence-corrected chi connectivity index (χ1v) is 14.7. The van der Waals surface area contributed by atoms with Crippen LogP contribution in [-0.4, -0.2) is 37.0 Å². The molecule has 5 heteroatoms. The fourth-order valence-electron chi connectivity index (χ4n) is 5.38. The molecule has 4 aromatic carbocycles. The van der Waals surface area contributed by atoms with Gasteiger partial charge in [0.25, 0.3) is 0 Å². The van der Waals surface area contributed by atoms with Crippen molar-refractivity contribution < 1.29 is 24.1 Å². The van der Waals surface area contributed by atoms with Crippen molar-refractivity contribution >= 4 is 18.1 Å². The number of hydrogen-bond donors (Lipinski definition) is 1. The van der Waals surface area contributed by atoms with Crippen molar-refractivity contribution in [3.8, 4) is 5.75 Å². The van der Waals surface area contributed by atoms with Gasteiger partial charge in [-0.3, -0.25) is 0 Å². The van der Waals surface area contributed by atoms with Gasteiger partial charge in [-0.1, -0.05) is 97.9 Å². The van der Waals surface area contributed by atoms with E-state index in [0.717, 1.165) is 24.0 Å². The molecular formula is C37H38O5. The Morgan fingerprint density at radius 1 is 0.762 bits per heavy atom. The molecule has 216 valence electrons. The summed E-state index contributed by atoms with van der Waals surface area (Å²) in [4.78, 5) is 11.4. The highest BCUT2D eigenvalue weighted by Crippen LogP contribution is 2.37. The molecule has 4 aromatic rings. The number of rotatable bonds is 13. The fourth-order valence-corrected chi connectivity index (χ4v) is 5.38. The monoisotopic (exact) mass is 562 g/mol. The van der Waals surface area contributed by atoms with Gasteiger partial charge in [-0.2, -0.15) is 0 Å². The standard InChI is InChI=1S/C37H38O5/c1-3-26-10-14-30-15-16-31-23-29(22-27-8-6-5-7-9-27)13-19-33(31)36(34(30)24-26)42-21-20-41-32-17-11-28(12-18-32)25-35(37(38)39)40-4-2/h5-19,23-24,35-36H,3-4,20-22,25H2,1-2H3,(H,38,39). The van der Waals surface area contributed by atoms with Gasteiger partial charge in [-0.25, -0.2) is 4.79 Å². The van der Waals surface area contributed by atoms with Gasteiger partial charge in [0, 0.05) is 13.0 Å². The molecule has 0 aromatic heterocycles. The predicted octanol–water partition coefficient (Wildman–Crippen LogP) is 7.54. The molecule has 42 heavy (non-hydrogen) atoms. The van der Waals surface area contributed by atoms with E-state index in [1.165, 1.54) is 33.4 Å². The second-order valence-electron chi connectivity index (χ2n) is 10.5. The second kappa shape index (κ2) is 14.1. The van der Waals surface area contributed by atoms with Crippen molar-refractivity contribution in [2.24, 2.45) is 0 Å². The first kappa shape index (κ1) is 29.3. The average Bonchev–Trinajstić information content (AvgIpc) is 3.16. The van der Waals surface area contributed by atoms with Gasteiger partial charge in [-0.15, -0.1) is 0 Å². The molecule has 1 aliphatic rings. The van der Waals surface area contributed by atoms with Crippen molar-refractivity contribution in [2.45, 2.75) is 45.3 Å². The molecule has 0 spiro atoms. The zero-order valence-electron chi connectivity index (χ0n) is 24.3. The van der Waals surface area contributed by atoms with E-state index >= 15 is 0 Å². The van der Waals surface area contributed by atoms with Crippen molar-refractivity contribution in [3.05, 3.63) is 136 Å². The van der Waals surface area contributed by atoms with Crippen LogP contribution in [0.15, 0.2) is 91.0 Å². The molecule has 0 fully saturated rings. The maximum absolute atomic E-state index is 11.4. The summed E-state index contributed by atoms with van der Waals surface area (Å²) >= 11 is 0. The third kappa shape index (κ3) is 7.35. The SMILES string of the molecule is CCOC(Cc1ccc(OCCOC2c3ccc(Cc4ccccc4)cc3C=Cc3ccc(CC)cc32)cc1)C(=O)O. The number of carboxylic acids is 1. The van der Waals surface area contributed by atoms with Crippen molar-refractivity contribution in [2.75, 3.05) is 19.8 Å². The van der Waals surface area contributed by atoms with E-state index < -0.39 is 12.1 Å². The molecule has 0 aliphatic heterocycles. The largest absolute Gasteiger partial charge is 0.491 e. The molecule has 0 saturated heterocycles. The highest BCUT2D eigenvalue weighted by molar-refractivity contribution is 5.76. The van der Waals surface area contributed by atoms with Crippen LogP contribution in [0.25, 0.3) is 12.2 Å². The van der Waals surface area contributed by atoms with Crippen molar-refractivity contribution in [1.82, 2.24) is 0 Å². The lowest BCUT2D eigenvalue weighted by Crippen LogP contribution is -2.26. The number of ether oxygens (including phenoxy) is 3. The molecule has 2 atom stereocenters. The highest BCUT2D eigenvalue weighted by atomic mass is 16.5. The minimum absolute atomic E-state index is 0.209. The number of carboxylic acid groups (broad SMARTS) is 1. The number of carbonyl (C=O) groups is 1.